The third kappa shape index (κ3) is 4.22. The number of carbonyl (C=O) groups is 1. The van der Waals surface area contributed by atoms with E-state index in [1.165, 1.54) is 6.20 Å². The topological polar surface area (TPSA) is 42.0 Å². The fraction of sp³-hybridized carbons (Fsp3) is 0.467. The van der Waals surface area contributed by atoms with Crippen molar-refractivity contribution in [2.75, 3.05) is 0 Å². The van der Waals surface area contributed by atoms with E-state index in [4.69, 9.17) is 18.0 Å². The van der Waals surface area contributed by atoms with Crippen molar-refractivity contribution >= 4 is 37.7 Å². The van der Waals surface area contributed by atoms with E-state index in [1.807, 2.05) is 0 Å². The summed E-state index contributed by atoms with van der Waals surface area (Å²) in [5, 5.41) is 3.18. The number of halogens is 2. The van der Waals surface area contributed by atoms with Crippen LogP contribution in [-0.4, -0.2) is 38.4 Å². The molecule has 0 atom stereocenters. The second-order valence-corrected chi connectivity index (χ2v) is 9.00. The first-order valence-electron chi connectivity index (χ1n) is 6.61. The molecule has 0 spiro atoms. The molecule has 0 saturated heterocycles. The van der Waals surface area contributed by atoms with Crippen molar-refractivity contribution in [3.05, 3.63) is 22.8 Å². The second kappa shape index (κ2) is 6.38. The zero-order valence-electron chi connectivity index (χ0n) is 11.9. The Morgan fingerprint density at radius 2 is 2.29 bits per heavy atom. The normalized spacial score (nSPS) is 21.9. The number of hydrogen-bond donors (Lipinski definition) is 1. The van der Waals surface area contributed by atoms with Gasteiger partial charge in [-0.2, -0.15) is 0 Å². The fourth-order valence-electron chi connectivity index (χ4n) is 1.89. The molecule has 1 fully saturated rings. The van der Waals surface area contributed by atoms with E-state index in [9.17, 15) is 9.18 Å². The van der Waals surface area contributed by atoms with Gasteiger partial charge in [0, 0.05) is 0 Å². The summed E-state index contributed by atoms with van der Waals surface area (Å²) < 4.78 is 14.0. The second-order valence-electron chi connectivity index (χ2n) is 5.60. The molecule has 1 saturated carbocycles. The van der Waals surface area contributed by atoms with Gasteiger partial charge in [-0.1, -0.05) is 0 Å². The Morgan fingerprint density at radius 3 is 2.86 bits per heavy atom. The van der Waals surface area contributed by atoms with E-state index in [0.717, 1.165) is 4.48 Å². The molecule has 1 N–H and O–H groups in total. The van der Waals surface area contributed by atoms with Crippen molar-refractivity contribution in [3.8, 4) is 12.3 Å². The van der Waals surface area contributed by atoms with E-state index in [-0.39, 0.29) is 21.7 Å². The minimum atomic E-state index is -0.742. The number of rotatable bonds is 4. The number of amides is 1. The van der Waals surface area contributed by atoms with Gasteiger partial charge in [-0.25, -0.2) is 0 Å². The summed E-state index contributed by atoms with van der Waals surface area (Å²) in [7, 11) is 0. The number of hydrogen-bond acceptors (Lipinski definition) is 2. The fourth-order valence-corrected chi connectivity index (χ4v) is 5.08. The van der Waals surface area contributed by atoms with E-state index in [2.05, 4.69) is 16.2 Å². The molecule has 0 aromatic carbocycles. The van der Waals surface area contributed by atoms with Crippen LogP contribution in [0, 0.1) is 12.3 Å². The zero-order valence-corrected chi connectivity index (χ0v) is 14.5. The summed E-state index contributed by atoms with van der Waals surface area (Å²) >= 11 is 5.59. The van der Waals surface area contributed by atoms with Crippen molar-refractivity contribution in [1.82, 2.24) is 10.3 Å². The monoisotopic (exact) mass is 369 g/mol. The molecule has 1 aromatic heterocycles. The van der Waals surface area contributed by atoms with Crippen molar-refractivity contribution in [3.63, 3.8) is 0 Å². The molecule has 1 aliphatic rings. The summed E-state index contributed by atoms with van der Waals surface area (Å²) in [5.41, 5.74) is -0.290. The first-order chi connectivity index (χ1) is 9.80. The van der Waals surface area contributed by atoms with Crippen LogP contribution in [0.3, 0.4) is 0 Å². The molecule has 1 radical (unpaired) electrons. The van der Waals surface area contributed by atoms with Crippen LogP contribution in [0.25, 0.3) is 0 Å². The number of nitrogens with one attached hydrogen (secondary N) is 1. The van der Waals surface area contributed by atoms with Crippen LogP contribution in [0.2, 0.25) is 9.73 Å². The van der Waals surface area contributed by atoms with Crippen LogP contribution in [0.4, 0.5) is 4.39 Å². The number of pyridine rings is 1. The quantitative estimate of drug-likeness (QED) is 0.652. The van der Waals surface area contributed by atoms with Gasteiger partial charge in [-0.05, 0) is 0 Å². The van der Waals surface area contributed by atoms with Crippen LogP contribution in [0.5, 0.6) is 0 Å². The number of terminal acetylenes is 1. The van der Waals surface area contributed by atoms with Crippen LogP contribution < -0.4 is 9.80 Å². The molecule has 0 unspecified atom stereocenters. The minimum absolute atomic E-state index is 0.283. The van der Waals surface area contributed by atoms with Gasteiger partial charge in [-0.3, -0.25) is 0 Å². The molecule has 111 valence electrons. The molecule has 3 nitrogen and oxygen atoms in total. The summed E-state index contributed by atoms with van der Waals surface area (Å²) in [6.45, 7) is 3.49. The molecule has 1 heterocycles. The Bertz CT molecular complexity index is 594. The molecule has 1 aromatic rings. The van der Waals surface area contributed by atoms with Gasteiger partial charge >= 0.3 is 136 Å². The standard InChI is InChI=1S/C15H16AsClFN2O/c1-4-15(2,3)20-14(21)12-7-10(17)8-19-13(12)16-9-5-11(18)6-9/h1,7-9,11H,5-6H2,2-3H3,(H,20,21). The first-order valence-corrected chi connectivity index (χ1v) is 9.01. The molecular formula is C15H16AsClFN2O. The SMILES string of the molecule is C#CC(C)(C)NC(=O)c1cc(Cl)cnc1[As]C1CC(F)C1. The summed E-state index contributed by atoms with van der Waals surface area (Å²) in [6, 6.07) is 1.60. The first kappa shape index (κ1) is 16.3. The Kier molecular flexibility index (Phi) is 4.96. The van der Waals surface area contributed by atoms with Gasteiger partial charge in [0.05, 0.1) is 0 Å². The average Bonchev–Trinajstić information content (AvgIpc) is 2.38. The Balaban J connectivity index is 2.19. The number of carbonyl (C=O) groups excluding carboxylic acids is 1. The molecule has 2 rings (SSSR count). The van der Waals surface area contributed by atoms with Crippen LogP contribution in [0.1, 0.15) is 37.0 Å². The molecule has 6 heteroatoms. The summed E-state index contributed by atoms with van der Waals surface area (Å²) in [6.07, 6.45) is 7.36. The molecular weight excluding hydrogens is 354 g/mol. The predicted molar refractivity (Wildman–Crippen MR) is 82.9 cm³/mol. The molecule has 1 aliphatic carbocycles. The summed E-state index contributed by atoms with van der Waals surface area (Å²) in [4.78, 5) is 16.7. The maximum absolute atomic E-state index is 12.9. The number of nitrogens with zero attached hydrogens (tertiary/aromatic N) is 1. The molecule has 21 heavy (non-hydrogen) atoms. The van der Waals surface area contributed by atoms with Crippen LogP contribution >= 0.6 is 11.6 Å². The van der Waals surface area contributed by atoms with E-state index < -0.39 is 11.7 Å². The van der Waals surface area contributed by atoms with Gasteiger partial charge in [0.1, 0.15) is 0 Å². The third-order valence-electron chi connectivity index (χ3n) is 3.23. The number of aromatic nitrogens is 1. The Morgan fingerprint density at radius 1 is 1.62 bits per heavy atom. The maximum atomic E-state index is 12.9. The van der Waals surface area contributed by atoms with Crippen LogP contribution in [-0.2, 0) is 0 Å². The van der Waals surface area contributed by atoms with Crippen molar-refractivity contribution in [2.24, 2.45) is 0 Å². The number of alkyl halides is 1. The van der Waals surface area contributed by atoms with Gasteiger partial charge < -0.3 is 0 Å². The van der Waals surface area contributed by atoms with E-state index in [0.29, 0.717) is 28.1 Å². The van der Waals surface area contributed by atoms with Crippen LogP contribution in [0.15, 0.2) is 12.3 Å². The molecule has 1 amide bonds. The molecule has 0 bridgehead atoms. The average molecular weight is 370 g/mol. The van der Waals surface area contributed by atoms with Crippen molar-refractivity contribution in [2.45, 2.75) is 43.1 Å². The Hall–Kier alpha value is -1.04. The van der Waals surface area contributed by atoms with E-state index >= 15 is 0 Å². The third-order valence-corrected chi connectivity index (χ3v) is 6.34. The van der Waals surface area contributed by atoms with Gasteiger partial charge in [0.15, 0.2) is 0 Å². The van der Waals surface area contributed by atoms with Crippen molar-refractivity contribution in [1.29, 1.82) is 0 Å². The zero-order chi connectivity index (χ0) is 15.6. The summed E-state index contributed by atoms with van der Waals surface area (Å²) in [5.74, 6) is 2.23. The van der Waals surface area contributed by atoms with Crippen molar-refractivity contribution < 1.29 is 9.18 Å². The van der Waals surface area contributed by atoms with E-state index in [1.54, 1.807) is 19.9 Å². The van der Waals surface area contributed by atoms with Gasteiger partial charge in [0.2, 0.25) is 0 Å². The Labute approximate surface area is 135 Å². The molecule has 0 aliphatic heterocycles. The van der Waals surface area contributed by atoms with Gasteiger partial charge in [0.25, 0.3) is 0 Å². The predicted octanol–water partition coefficient (Wildman–Crippen LogP) is 2.13. The van der Waals surface area contributed by atoms with Gasteiger partial charge in [-0.15, -0.1) is 0 Å².